The highest BCUT2D eigenvalue weighted by atomic mass is 79.9. The second-order valence-electron chi connectivity index (χ2n) is 3.85. The number of anilines is 1. The van der Waals surface area contributed by atoms with Gasteiger partial charge in [0.2, 0.25) is 0 Å². The van der Waals surface area contributed by atoms with Gasteiger partial charge in [0, 0.05) is 17.5 Å². The van der Waals surface area contributed by atoms with E-state index in [0.717, 1.165) is 8.66 Å². The standard InChI is InChI=1S/C12H9BrN2O4S/c13-11-4-2-8(20-11)6-14-9-5-7(12(16)17)1-3-10(9)15(18)19/h1-5,14H,6H2,(H,16,17). The van der Waals surface area contributed by atoms with Crippen LogP contribution in [0.5, 0.6) is 0 Å². The molecule has 2 rings (SSSR count). The lowest BCUT2D eigenvalue weighted by atomic mass is 10.1. The Kier molecular flexibility index (Phi) is 4.35. The van der Waals surface area contributed by atoms with Crippen LogP contribution in [0, 0.1) is 10.1 Å². The van der Waals surface area contributed by atoms with Gasteiger partial charge in [0.25, 0.3) is 5.69 Å². The normalized spacial score (nSPS) is 10.2. The van der Waals surface area contributed by atoms with Crippen molar-refractivity contribution in [2.24, 2.45) is 0 Å². The van der Waals surface area contributed by atoms with Gasteiger partial charge in [0.05, 0.1) is 14.3 Å². The molecule has 2 aromatic rings. The third-order valence-corrected chi connectivity index (χ3v) is 4.15. The highest BCUT2D eigenvalue weighted by Gasteiger charge is 2.16. The maximum absolute atomic E-state index is 10.9. The second-order valence-corrected chi connectivity index (χ2v) is 6.40. The molecule has 2 N–H and O–H groups in total. The fraction of sp³-hybridized carbons (Fsp3) is 0.0833. The molecule has 20 heavy (non-hydrogen) atoms. The number of rotatable bonds is 5. The van der Waals surface area contributed by atoms with Gasteiger partial charge in [-0.3, -0.25) is 10.1 Å². The van der Waals surface area contributed by atoms with E-state index in [1.807, 2.05) is 12.1 Å². The smallest absolute Gasteiger partial charge is 0.335 e. The molecule has 104 valence electrons. The number of carboxylic acids is 1. The fourth-order valence-electron chi connectivity index (χ4n) is 1.60. The first kappa shape index (κ1) is 14.5. The lowest BCUT2D eigenvalue weighted by molar-refractivity contribution is -0.384. The first-order chi connectivity index (χ1) is 9.47. The molecule has 0 bridgehead atoms. The summed E-state index contributed by atoms with van der Waals surface area (Å²) in [5, 5.41) is 22.8. The summed E-state index contributed by atoms with van der Waals surface area (Å²) < 4.78 is 0.961. The number of nitro benzene ring substituents is 1. The molecule has 0 aliphatic heterocycles. The van der Waals surface area contributed by atoms with E-state index >= 15 is 0 Å². The Labute approximate surface area is 126 Å². The van der Waals surface area contributed by atoms with Crippen LogP contribution in [-0.4, -0.2) is 16.0 Å². The Bertz CT molecular complexity index is 671. The Morgan fingerprint density at radius 2 is 2.15 bits per heavy atom. The minimum absolute atomic E-state index is 0.00506. The Morgan fingerprint density at radius 3 is 2.70 bits per heavy atom. The third-order valence-electron chi connectivity index (χ3n) is 2.52. The molecule has 1 aromatic carbocycles. The van der Waals surface area contributed by atoms with Crippen LogP contribution in [0.15, 0.2) is 34.1 Å². The lowest BCUT2D eigenvalue weighted by Crippen LogP contribution is -2.04. The van der Waals surface area contributed by atoms with E-state index in [0.29, 0.717) is 6.54 Å². The van der Waals surface area contributed by atoms with Gasteiger partial charge < -0.3 is 10.4 Å². The summed E-state index contributed by atoms with van der Waals surface area (Å²) in [5.41, 5.74) is 0.0514. The van der Waals surface area contributed by atoms with Crippen molar-refractivity contribution < 1.29 is 14.8 Å². The number of nitrogens with one attached hydrogen (secondary N) is 1. The fourth-order valence-corrected chi connectivity index (χ4v) is 3.02. The van der Waals surface area contributed by atoms with Crippen LogP contribution >= 0.6 is 27.3 Å². The summed E-state index contributed by atoms with van der Waals surface area (Å²) in [6, 6.07) is 7.44. The maximum Gasteiger partial charge on any atom is 0.335 e. The summed E-state index contributed by atoms with van der Waals surface area (Å²) in [6.07, 6.45) is 0. The number of thiophene rings is 1. The van der Waals surface area contributed by atoms with E-state index in [1.165, 1.54) is 29.5 Å². The Balaban J connectivity index is 2.25. The average molecular weight is 357 g/mol. The molecule has 0 fully saturated rings. The molecular weight excluding hydrogens is 348 g/mol. The maximum atomic E-state index is 10.9. The zero-order chi connectivity index (χ0) is 14.7. The van der Waals surface area contributed by atoms with Crippen molar-refractivity contribution in [1.82, 2.24) is 0 Å². The number of benzene rings is 1. The van der Waals surface area contributed by atoms with Gasteiger partial charge in [-0.2, -0.15) is 0 Å². The SMILES string of the molecule is O=C(O)c1ccc([N+](=O)[O-])c(NCc2ccc(Br)s2)c1. The number of hydrogen-bond acceptors (Lipinski definition) is 5. The van der Waals surface area contributed by atoms with E-state index in [2.05, 4.69) is 21.2 Å². The Hall–Kier alpha value is -1.93. The monoisotopic (exact) mass is 356 g/mol. The van der Waals surface area contributed by atoms with Crippen molar-refractivity contribution in [2.45, 2.75) is 6.54 Å². The van der Waals surface area contributed by atoms with Gasteiger partial charge in [-0.05, 0) is 40.2 Å². The lowest BCUT2D eigenvalue weighted by Gasteiger charge is -2.06. The van der Waals surface area contributed by atoms with Crippen molar-refractivity contribution in [2.75, 3.05) is 5.32 Å². The van der Waals surface area contributed by atoms with Gasteiger partial charge in [-0.25, -0.2) is 4.79 Å². The molecule has 0 spiro atoms. The number of aromatic carboxylic acids is 1. The molecule has 0 saturated heterocycles. The van der Waals surface area contributed by atoms with Gasteiger partial charge >= 0.3 is 5.97 Å². The molecule has 0 atom stereocenters. The van der Waals surface area contributed by atoms with Crippen molar-refractivity contribution in [3.8, 4) is 0 Å². The van der Waals surface area contributed by atoms with Gasteiger partial charge in [0.1, 0.15) is 5.69 Å². The molecule has 0 saturated carbocycles. The zero-order valence-corrected chi connectivity index (χ0v) is 12.4. The number of hydrogen-bond donors (Lipinski definition) is 2. The molecule has 0 radical (unpaired) electrons. The van der Waals surface area contributed by atoms with Crippen LogP contribution in [0.1, 0.15) is 15.2 Å². The minimum atomic E-state index is -1.12. The molecule has 0 aliphatic carbocycles. The summed E-state index contributed by atoms with van der Waals surface area (Å²) in [7, 11) is 0. The highest BCUT2D eigenvalue weighted by Crippen LogP contribution is 2.28. The number of carbonyl (C=O) groups is 1. The largest absolute Gasteiger partial charge is 0.478 e. The average Bonchev–Trinajstić information content (AvgIpc) is 2.81. The first-order valence-corrected chi connectivity index (χ1v) is 7.08. The molecule has 0 unspecified atom stereocenters. The number of nitrogens with zero attached hydrogens (tertiary/aromatic N) is 1. The van der Waals surface area contributed by atoms with Gasteiger partial charge in [0.15, 0.2) is 0 Å². The van der Waals surface area contributed by atoms with Gasteiger partial charge in [-0.15, -0.1) is 11.3 Å². The summed E-state index contributed by atoms with van der Waals surface area (Å²) in [5.74, 6) is -1.12. The van der Waals surface area contributed by atoms with E-state index in [1.54, 1.807) is 0 Å². The highest BCUT2D eigenvalue weighted by molar-refractivity contribution is 9.11. The van der Waals surface area contributed by atoms with Crippen molar-refractivity contribution >= 4 is 44.6 Å². The number of halogens is 1. The predicted molar refractivity (Wildman–Crippen MR) is 79.4 cm³/mol. The van der Waals surface area contributed by atoms with Crippen LogP contribution in [0.3, 0.4) is 0 Å². The predicted octanol–water partition coefficient (Wildman–Crippen LogP) is 3.73. The minimum Gasteiger partial charge on any atom is -0.478 e. The van der Waals surface area contributed by atoms with E-state index in [9.17, 15) is 14.9 Å². The topological polar surface area (TPSA) is 92.5 Å². The summed E-state index contributed by atoms with van der Waals surface area (Å²) in [6.45, 7) is 0.389. The van der Waals surface area contributed by atoms with E-state index in [-0.39, 0.29) is 16.9 Å². The van der Waals surface area contributed by atoms with Gasteiger partial charge in [-0.1, -0.05) is 0 Å². The van der Waals surface area contributed by atoms with Crippen LogP contribution in [-0.2, 0) is 6.54 Å². The number of carboxylic acid groups (broad SMARTS) is 1. The zero-order valence-electron chi connectivity index (χ0n) is 10.00. The van der Waals surface area contributed by atoms with Crippen molar-refractivity contribution in [3.05, 3.63) is 54.7 Å². The Morgan fingerprint density at radius 1 is 1.40 bits per heavy atom. The molecule has 8 heteroatoms. The summed E-state index contributed by atoms with van der Waals surface area (Å²) >= 11 is 4.83. The van der Waals surface area contributed by atoms with Crippen LogP contribution in [0.4, 0.5) is 11.4 Å². The molecular formula is C12H9BrN2O4S. The molecule has 0 aliphatic rings. The quantitative estimate of drug-likeness (QED) is 0.628. The molecule has 1 heterocycles. The van der Waals surface area contributed by atoms with E-state index < -0.39 is 10.9 Å². The second kappa shape index (κ2) is 6.02. The molecule has 1 aromatic heterocycles. The van der Waals surface area contributed by atoms with Crippen LogP contribution < -0.4 is 5.32 Å². The summed E-state index contributed by atoms with van der Waals surface area (Å²) in [4.78, 5) is 22.3. The molecule has 6 nitrogen and oxygen atoms in total. The van der Waals surface area contributed by atoms with Crippen LogP contribution in [0.25, 0.3) is 0 Å². The van der Waals surface area contributed by atoms with E-state index in [4.69, 9.17) is 5.11 Å². The third kappa shape index (κ3) is 3.34. The van der Waals surface area contributed by atoms with Crippen molar-refractivity contribution in [3.63, 3.8) is 0 Å². The number of nitro groups is 1. The van der Waals surface area contributed by atoms with Crippen LogP contribution in [0.2, 0.25) is 0 Å². The van der Waals surface area contributed by atoms with Crippen molar-refractivity contribution in [1.29, 1.82) is 0 Å². The molecule has 0 amide bonds. The first-order valence-electron chi connectivity index (χ1n) is 5.47.